The monoisotopic (exact) mass is 243 g/mol. The molecule has 1 aromatic carbocycles. The van der Waals surface area contributed by atoms with E-state index in [1.807, 2.05) is 25.1 Å². The van der Waals surface area contributed by atoms with Crippen molar-refractivity contribution < 1.29 is 14.6 Å². The molecule has 0 bridgehead atoms. The Kier molecular flexibility index (Phi) is 3.28. The minimum absolute atomic E-state index is 0.183. The molecule has 0 saturated heterocycles. The number of nitrogens with zero attached hydrogens (tertiary/aromatic N) is 1. The molecular weight excluding hydrogens is 230 g/mol. The summed E-state index contributed by atoms with van der Waals surface area (Å²) in [5, 5.41) is 8.95. The van der Waals surface area contributed by atoms with Crippen molar-refractivity contribution in [2.24, 2.45) is 0 Å². The number of carbonyl (C=O) groups is 1. The zero-order valence-corrected chi connectivity index (χ0v) is 10.2. The van der Waals surface area contributed by atoms with Crippen LogP contribution < -0.4 is 4.74 Å². The third kappa shape index (κ3) is 2.32. The van der Waals surface area contributed by atoms with E-state index in [1.54, 1.807) is 19.4 Å². The van der Waals surface area contributed by atoms with Crippen LogP contribution in [0, 0.1) is 6.92 Å². The van der Waals surface area contributed by atoms with E-state index in [1.165, 1.54) is 6.20 Å². The molecule has 0 aliphatic carbocycles. The number of carboxylic acid groups (broad SMARTS) is 1. The molecule has 0 amide bonds. The highest BCUT2D eigenvalue weighted by molar-refractivity contribution is 5.89. The third-order valence-electron chi connectivity index (χ3n) is 2.73. The lowest BCUT2D eigenvalue weighted by atomic mass is 10.0. The van der Waals surface area contributed by atoms with Gasteiger partial charge in [-0.2, -0.15) is 0 Å². The number of hydrogen-bond donors (Lipinski definition) is 1. The van der Waals surface area contributed by atoms with Crippen molar-refractivity contribution in [2.45, 2.75) is 6.92 Å². The molecule has 0 atom stereocenters. The van der Waals surface area contributed by atoms with Gasteiger partial charge in [0.15, 0.2) is 0 Å². The third-order valence-corrected chi connectivity index (χ3v) is 2.73. The molecule has 0 fully saturated rings. The highest BCUT2D eigenvalue weighted by Gasteiger charge is 2.08. The van der Waals surface area contributed by atoms with E-state index in [-0.39, 0.29) is 5.56 Å². The minimum Gasteiger partial charge on any atom is -0.497 e. The quantitative estimate of drug-likeness (QED) is 0.900. The molecule has 1 heterocycles. The van der Waals surface area contributed by atoms with E-state index < -0.39 is 5.97 Å². The van der Waals surface area contributed by atoms with E-state index in [9.17, 15) is 4.79 Å². The summed E-state index contributed by atoms with van der Waals surface area (Å²) in [5.74, 6) is -0.200. The second-order valence-electron chi connectivity index (χ2n) is 3.95. The summed E-state index contributed by atoms with van der Waals surface area (Å²) in [6, 6.07) is 7.26. The van der Waals surface area contributed by atoms with Crippen molar-refractivity contribution in [3.05, 3.63) is 47.8 Å². The van der Waals surface area contributed by atoms with E-state index >= 15 is 0 Å². The normalized spacial score (nSPS) is 10.1. The van der Waals surface area contributed by atoms with Crippen LogP contribution in [0.3, 0.4) is 0 Å². The van der Waals surface area contributed by atoms with Gasteiger partial charge in [-0.3, -0.25) is 4.98 Å². The molecule has 0 saturated carbocycles. The molecule has 1 aromatic heterocycles. The van der Waals surface area contributed by atoms with Crippen molar-refractivity contribution in [2.75, 3.05) is 7.11 Å². The summed E-state index contributed by atoms with van der Waals surface area (Å²) in [4.78, 5) is 14.9. The number of methoxy groups -OCH3 is 1. The zero-order valence-electron chi connectivity index (χ0n) is 10.2. The molecule has 2 aromatic rings. The lowest BCUT2D eigenvalue weighted by molar-refractivity contribution is 0.0696. The van der Waals surface area contributed by atoms with Crippen molar-refractivity contribution in [3.63, 3.8) is 0 Å². The first-order valence-corrected chi connectivity index (χ1v) is 5.45. The number of benzene rings is 1. The van der Waals surface area contributed by atoms with Crippen molar-refractivity contribution >= 4 is 5.97 Å². The largest absolute Gasteiger partial charge is 0.497 e. The first kappa shape index (κ1) is 12.1. The Morgan fingerprint density at radius 3 is 2.67 bits per heavy atom. The van der Waals surface area contributed by atoms with Crippen LogP contribution in [0.5, 0.6) is 5.75 Å². The van der Waals surface area contributed by atoms with Gasteiger partial charge in [-0.05, 0) is 36.2 Å². The van der Waals surface area contributed by atoms with Gasteiger partial charge in [0.05, 0.1) is 12.7 Å². The van der Waals surface area contributed by atoms with Gasteiger partial charge >= 0.3 is 5.97 Å². The van der Waals surface area contributed by atoms with Gasteiger partial charge < -0.3 is 9.84 Å². The fourth-order valence-electron chi connectivity index (χ4n) is 1.79. The molecule has 0 unspecified atom stereocenters. The Morgan fingerprint density at radius 2 is 2.06 bits per heavy atom. The molecule has 4 heteroatoms. The summed E-state index contributed by atoms with van der Waals surface area (Å²) in [6.07, 6.45) is 2.99. The van der Waals surface area contributed by atoms with Crippen LogP contribution in [-0.2, 0) is 0 Å². The molecule has 4 nitrogen and oxygen atoms in total. The predicted octanol–water partition coefficient (Wildman–Crippen LogP) is 2.76. The minimum atomic E-state index is -0.976. The van der Waals surface area contributed by atoms with Crippen LogP contribution in [0.2, 0.25) is 0 Å². The summed E-state index contributed by atoms with van der Waals surface area (Å²) >= 11 is 0. The van der Waals surface area contributed by atoms with E-state index in [2.05, 4.69) is 4.98 Å². The number of aromatic carboxylic acids is 1. The summed E-state index contributed by atoms with van der Waals surface area (Å²) in [6.45, 7) is 1.95. The van der Waals surface area contributed by atoms with Crippen LogP contribution >= 0.6 is 0 Å². The Bertz CT molecular complexity index is 593. The number of hydrogen-bond acceptors (Lipinski definition) is 3. The van der Waals surface area contributed by atoms with Gasteiger partial charge in [0.25, 0.3) is 0 Å². The average molecular weight is 243 g/mol. The maximum Gasteiger partial charge on any atom is 0.337 e. The summed E-state index contributed by atoms with van der Waals surface area (Å²) in [7, 11) is 1.61. The smallest absolute Gasteiger partial charge is 0.337 e. The Hall–Kier alpha value is -2.36. The second kappa shape index (κ2) is 4.87. The molecule has 1 N–H and O–H groups in total. The molecule has 0 radical (unpaired) electrons. The number of rotatable bonds is 3. The van der Waals surface area contributed by atoms with Gasteiger partial charge in [0, 0.05) is 18.0 Å². The number of ether oxygens (including phenoxy) is 1. The maximum atomic E-state index is 10.9. The first-order chi connectivity index (χ1) is 8.61. The Morgan fingerprint density at radius 1 is 1.28 bits per heavy atom. The lowest BCUT2D eigenvalue weighted by Crippen LogP contribution is -1.97. The SMILES string of the molecule is COc1ccc(-c2cncc(C(=O)O)c2)c(C)c1. The van der Waals surface area contributed by atoms with Crippen LogP contribution in [0.15, 0.2) is 36.7 Å². The Balaban J connectivity index is 2.48. The van der Waals surface area contributed by atoms with Crippen LogP contribution in [0.1, 0.15) is 15.9 Å². The Labute approximate surface area is 105 Å². The molecule has 0 aliphatic heterocycles. The van der Waals surface area contributed by atoms with Crippen molar-refractivity contribution in [3.8, 4) is 16.9 Å². The maximum absolute atomic E-state index is 10.9. The van der Waals surface area contributed by atoms with E-state index in [4.69, 9.17) is 9.84 Å². The topological polar surface area (TPSA) is 59.4 Å². The van der Waals surface area contributed by atoms with Gasteiger partial charge in [-0.15, -0.1) is 0 Å². The first-order valence-electron chi connectivity index (χ1n) is 5.45. The van der Waals surface area contributed by atoms with Gasteiger partial charge in [0.1, 0.15) is 5.75 Å². The molecule has 2 rings (SSSR count). The van der Waals surface area contributed by atoms with E-state index in [0.717, 1.165) is 22.4 Å². The lowest BCUT2D eigenvalue weighted by Gasteiger charge is -2.08. The fraction of sp³-hybridized carbons (Fsp3) is 0.143. The van der Waals surface area contributed by atoms with Gasteiger partial charge in [-0.25, -0.2) is 4.79 Å². The molecular formula is C14H13NO3. The number of pyridine rings is 1. The number of aryl methyl sites for hydroxylation is 1. The average Bonchev–Trinajstić information content (AvgIpc) is 2.38. The van der Waals surface area contributed by atoms with Crippen LogP contribution in [0.25, 0.3) is 11.1 Å². The van der Waals surface area contributed by atoms with Crippen LogP contribution in [-0.4, -0.2) is 23.2 Å². The van der Waals surface area contributed by atoms with Gasteiger partial charge in [0.2, 0.25) is 0 Å². The predicted molar refractivity (Wildman–Crippen MR) is 67.9 cm³/mol. The molecule has 92 valence electrons. The highest BCUT2D eigenvalue weighted by atomic mass is 16.5. The van der Waals surface area contributed by atoms with Gasteiger partial charge in [-0.1, -0.05) is 6.07 Å². The highest BCUT2D eigenvalue weighted by Crippen LogP contribution is 2.26. The fourth-order valence-corrected chi connectivity index (χ4v) is 1.79. The molecule has 0 aliphatic rings. The molecule has 18 heavy (non-hydrogen) atoms. The van der Waals surface area contributed by atoms with Crippen molar-refractivity contribution in [1.29, 1.82) is 0 Å². The summed E-state index contributed by atoms with van der Waals surface area (Å²) < 4.78 is 5.14. The molecule has 0 spiro atoms. The van der Waals surface area contributed by atoms with Crippen LogP contribution in [0.4, 0.5) is 0 Å². The number of carboxylic acids is 1. The number of aromatic nitrogens is 1. The second-order valence-corrected chi connectivity index (χ2v) is 3.95. The van der Waals surface area contributed by atoms with Crippen molar-refractivity contribution in [1.82, 2.24) is 4.98 Å². The zero-order chi connectivity index (χ0) is 13.1. The standard InChI is InChI=1S/C14H13NO3/c1-9-5-12(18-2)3-4-13(9)10-6-11(14(16)17)8-15-7-10/h3-8H,1-2H3,(H,16,17). The summed E-state index contributed by atoms with van der Waals surface area (Å²) in [5.41, 5.74) is 2.93. The van der Waals surface area contributed by atoms with E-state index in [0.29, 0.717) is 0 Å².